The van der Waals surface area contributed by atoms with Crippen LogP contribution in [0.1, 0.15) is 56.0 Å². The Balaban J connectivity index is 0.000000360. The summed E-state index contributed by atoms with van der Waals surface area (Å²) in [6.45, 7) is 5.72. The lowest BCUT2D eigenvalue weighted by Crippen LogP contribution is -2.58. The van der Waals surface area contributed by atoms with Gasteiger partial charge in [0.2, 0.25) is 0 Å². The molecule has 1 aliphatic rings. The van der Waals surface area contributed by atoms with Gasteiger partial charge in [-0.05, 0) is 45.2 Å². The second-order valence-electron chi connectivity index (χ2n) is 7.60. The third kappa shape index (κ3) is 7.02. The number of aryl methyl sites for hydroxylation is 2. The largest absolute Gasteiger partial charge is 0.480 e. The molecule has 29 heavy (non-hydrogen) atoms. The van der Waals surface area contributed by atoms with E-state index in [-0.39, 0.29) is 12.6 Å². The Morgan fingerprint density at radius 3 is 2.34 bits per heavy atom. The highest BCUT2D eigenvalue weighted by atomic mass is 16.5. The molecule has 1 fully saturated rings. The van der Waals surface area contributed by atoms with Crippen molar-refractivity contribution >= 4 is 11.9 Å². The highest BCUT2D eigenvalue weighted by Gasteiger charge is 2.42. The first-order valence-corrected chi connectivity index (χ1v) is 10.0. The molecule has 0 amide bonds. The number of esters is 1. The van der Waals surface area contributed by atoms with Gasteiger partial charge in [0.15, 0.2) is 0 Å². The van der Waals surface area contributed by atoms with Crippen LogP contribution in [-0.4, -0.2) is 38.8 Å². The minimum atomic E-state index is -0.958. The molecule has 1 aliphatic carbocycles. The van der Waals surface area contributed by atoms with Crippen LogP contribution in [0.4, 0.5) is 0 Å². The molecular formula is C22H31N3O4. The van der Waals surface area contributed by atoms with Crippen LogP contribution in [0.2, 0.25) is 0 Å². The van der Waals surface area contributed by atoms with Crippen LogP contribution in [0.3, 0.4) is 0 Å². The third-order valence-electron chi connectivity index (χ3n) is 5.01. The van der Waals surface area contributed by atoms with Crippen molar-refractivity contribution in [3.05, 3.63) is 53.3 Å². The number of benzene rings is 1. The van der Waals surface area contributed by atoms with Crippen molar-refractivity contribution in [2.24, 2.45) is 0 Å². The lowest BCUT2D eigenvalue weighted by atomic mass is 9.81. The summed E-state index contributed by atoms with van der Waals surface area (Å²) in [5.41, 5.74) is 2.23. The number of aliphatic carboxylic acids is 1. The van der Waals surface area contributed by atoms with Gasteiger partial charge in [0.05, 0.1) is 5.69 Å². The average molecular weight is 402 g/mol. The Bertz CT molecular complexity index is 766. The zero-order valence-electron chi connectivity index (χ0n) is 17.4. The lowest BCUT2D eigenvalue weighted by Gasteiger charge is -2.37. The van der Waals surface area contributed by atoms with E-state index in [2.05, 4.69) is 15.5 Å². The molecule has 1 saturated carbocycles. The summed E-state index contributed by atoms with van der Waals surface area (Å²) in [6.07, 6.45) is 4.12. The molecule has 7 nitrogen and oxygen atoms in total. The number of hydrogen-bond acceptors (Lipinski definition) is 5. The molecule has 1 aromatic carbocycles. The third-order valence-corrected chi connectivity index (χ3v) is 5.01. The van der Waals surface area contributed by atoms with E-state index in [0.717, 1.165) is 36.2 Å². The van der Waals surface area contributed by atoms with E-state index in [1.807, 2.05) is 50.2 Å². The fourth-order valence-electron chi connectivity index (χ4n) is 3.45. The standard InChI is InChI=1S/C17H23NO4.C5H8N2/c1-13(15(19)20)18-17(10-6-3-7-11-17)16(21)22-12-14-8-4-2-5-9-14;1-4-3-5(2)7-6-4/h2,4-5,8-9,13,18H,3,6-7,10-12H2,1H3,(H,19,20);3H,1-2H3,(H,6,7)/t13-;/m0./s1. The monoisotopic (exact) mass is 401 g/mol. The number of aromatic nitrogens is 2. The number of nitrogens with one attached hydrogen (secondary N) is 2. The number of nitrogens with zero attached hydrogens (tertiary/aromatic N) is 1. The fourth-order valence-corrected chi connectivity index (χ4v) is 3.45. The molecule has 1 aromatic heterocycles. The van der Waals surface area contributed by atoms with E-state index in [1.165, 1.54) is 0 Å². The van der Waals surface area contributed by atoms with E-state index in [0.29, 0.717) is 12.8 Å². The van der Waals surface area contributed by atoms with Gasteiger partial charge in [-0.15, -0.1) is 0 Å². The topological polar surface area (TPSA) is 104 Å². The molecule has 1 atom stereocenters. The smallest absolute Gasteiger partial charge is 0.326 e. The van der Waals surface area contributed by atoms with Gasteiger partial charge in [-0.2, -0.15) is 5.10 Å². The van der Waals surface area contributed by atoms with Gasteiger partial charge in [0.25, 0.3) is 0 Å². The predicted octanol–water partition coefficient (Wildman–Crippen LogP) is 3.52. The van der Waals surface area contributed by atoms with Crippen molar-refractivity contribution in [1.82, 2.24) is 15.5 Å². The van der Waals surface area contributed by atoms with E-state index < -0.39 is 17.6 Å². The maximum absolute atomic E-state index is 12.6. The summed E-state index contributed by atoms with van der Waals surface area (Å²) >= 11 is 0. The number of carboxylic acid groups (broad SMARTS) is 1. The van der Waals surface area contributed by atoms with Gasteiger partial charge in [-0.3, -0.25) is 20.0 Å². The molecule has 3 N–H and O–H groups in total. The van der Waals surface area contributed by atoms with Crippen LogP contribution in [0, 0.1) is 13.8 Å². The van der Waals surface area contributed by atoms with Crippen LogP contribution < -0.4 is 5.32 Å². The summed E-state index contributed by atoms with van der Waals surface area (Å²) in [6, 6.07) is 10.7. The first-order valence-electron chi connectivity index (χ1n) is 10.0. The van der Waals surface area contributed by atoms with Crippen molar-refractivity contribution in [2.75, 3.05) is 0 Å². The Morgan fingerprint density at radius 2 is 1.86 bits per heavy atom. The molecule has 7 heteroatoms. The Hall–Kier alpha value is -2.67. The van der Waals surface area contributed by atoms with E-state index >= 15 is 0 Å². The van der Waals surface area contributed by atoms with Crippen molar-refractivity contribution in [3.8, 4) is 0 Å². The highest BCUT2D eigenvalue weighted by molar-refractivity contribution is 5.82. The quantitative estimate of drug-likeness (QED) is 0.640. The molecule has 0 bridgehead atoms. The van der Waals surface area contributed by atoms with Crippen molar-refractivity contribution in [3.63, 3.8) is 0 Å². The molecule has 1 heterocycles. The van der Waals surface area contributed by atoms with E-state index in [4.69, 9.17) is 9.84 Å². The molecule has 3 rings (SSSR count). The first kappa shape index (κ1) is 22.6. The molecule has 0 unspecified atom stereocenters. The number of H-pyrrole nitrogens is 1. The molecule has 2 aromatic rings. The number of carbonyl (C=O) groups is 2. The molecule has 0 spiro atoms. The molecule has 0 saturated heterocycles. The van der Waals surface area contributed by atoms with Gasteiger partial charge in [0.1, 0.15) is 18.2 Å². The zero-order valence-corrected chi connectivity index (χ0v) is 17.4. The maximum Gasteiger partial charge on any atom is 0.326 e. The number of carbonyl (C=O) groups excluding carboxylic acids is 1. The van der Waals surface area contributed by atoms with Crippen molar-refractivity contribution < 1.29 is 19.4 Å². The number of aromatic amines is 1. The number of hydrogen-bond donors (Lipinski definition) is 3. The number of rotatable bonds is 6. The SMILES string of the molecule is C[C@H](NC1(C(=O)OCc2ccccc2)CCCCC1)C(=O)O.Cc1cc(C)[nH]n1. The number of ether oxygens (including phenoxy) is 1. The van der Waals surface area contributed by atoms with Gasteiger partial charge in [0, 0.05) is 5.69 Å². The summed E-state index contributed by atoms with van der Waals surface area (Å²) in [5.74, 6) is -1.30. The zero-order chi connectivity index (χ0) is 21.3. The Labute approximate surface area is 171 Å². The van der Waals surface area contributed by atoms with Crippen molar-refractivity contribution in [1.29, 1.82) is 0 Å². The summed E-state index contributed by atoms with van der Waals surface area (Å²) in [7, 11) is 0. The highest BCUT2D eigenvalue weighted by Crippen LogP contribution is 2.30. The Kier molecular flexibility index (Phi) is 8.39. The first-order chi connectivity index (χ1) is 13.8. The molecular weight excluding hydrogens is 370 g/mol. The van der Waals surface area contributed by atoms with Crippen LogP contribution in [0.5, 0.6) is 0 Å². The average Bonchev–Trinajstić information content (AvgIpc) is 3.10. The summed E-state index contributed by atoms with van der Waals surface area (Å²) in [5, 5.41) is 18.8. The maximum atomic E-state index is 12.6. The van der Waals surface area contributed by atoms with Crippen LogP contribution in [0.15, 0.2) is 36.4 Å². The van der Waals surface area contributed by atoms with Gasteiger partial charge >= 0.3 is 11.9 Å². The minimum Gasteiger partial charge on any atom is -0.480 e. The van der Waals surface area contributed by atoms with Gasteiger partial charge in [-0.1, -0.05) is 49.6 Å². The normalized spacial score (nSPS) is 16.2. The van der Waals surface area contributed by atoms with E-state index in [9.17, 15) is 9.59 Å². The lowest BCUT2D eigenvalue weighted by molar-refractivity contribution is -0.156. The summed E-state index contributed by atoms with van der Waals surface area (Å²) < 4.78 is 5.46. The van der Waals surface area contributed by atoms with E-state index in [1.54, 1.807) is 6.92 Å². The molecule has 0 radical (unpaired) electrons. The van der Waals surface area contributed by atoms with Crippen molar-refractivity contribution in [2.45, 2.75) is 71.1 Å². The Morgan fingerprint density at radius 1 is 1.21 bits per heavy atom. The van der Waals surface area contributed by atoms with Crippen LogP contribution >= 0.6 is 0 Å². The van der Waals surface area contributed by atoms with Crippen LogP contribution in [0.25, 0.3) is 0 Å². The number of carboxylic acids is 1. The predicted molar refractivity (Wildman–Crippen MR) is 110 cm³/mol. The second-order valence-corrected chi connectivity index (χ2v) is 7.60. The summed E-state index contributed by atoms with van der Waals surface area (Å²) in [4.78, 5) is 23.7. The minimum absolute atomic E-state index is 0.213. The van der Waals surface area contributed by atoms with Crippen LogP contribution in [-0.2, 0) is 20.9 Å². The van der Waals surface area contributed by atoms with Gasteiger partial charge in [-0.25, -0.2) is 0 Å². The second kappa shape index (κ2) is 10.8. The fraction of sp³-hybridized carbons (Fsp3) is 0.500. The molecule has 158 valence electrons. The van der Waals surface area contributed by atoms with Gasteiger partial charge < -0.3 is 9.84 Å². The molecule has 0 aliphatic heterocycles.